The number of carbonyl (C=O) groups is 1. The van der Waals surface area contributed by atoms with Gasteiger partial charge in [-0.3, -0.25) is 4.79 Å². The maximum absolute atomic E-state index is 12.6. The number of nitrogens with zero attached hydrogens (tertiary/aromatic N) is 4. The molecule has 0 unspecified atom stereocenters. The van der Waals surface area contributed by atoms with Gasteiger partial charge in [-0.15, -0.1) is 5.10 Å². The molecule has 0 radical (unpaired) electrons. The molecule has 3 rings (SSSR count). The molecule has 2 aromatic rings. The molecule has 1 saturated heterocycles. The Morgan fingerprint density at radius 3 is 2.83 bits per heavy atom. The monoisotopic (exact) mass is 313 g/mol. The molecule has 1 aromatic heterocycles. The zero-order valence-electron chi connectivity index (χ0n) is 13.5. The highest BCUT2D eigenvalue weighted by Gasteiger charge is 2.26. The Labute approximate surface area is 136 Å². The summed E-state index contributed by atoms with van der Waals surface area (Å²) in [5, 5.41) is 8.41. The Hall–Kier alpha value is -2.21. The molecule has 1 aliphatic rings. The van der Waals surface area contributed by atoms with Crippen molar-refractivity contribution in [1.82, 2.24) is 19.9 Å². The summed E-state index contributed by atoms with van der Waals surface area (Å²) in [6, 6.07) is 10.00. The molecule has 1 aliphatic heterocycles. The number of amides is 1. The van der Waals surface area contributed by atoms with Gasteiger partial charge in [0, 0.05) is 19.1 Å². The van der Waals surface area contributed by atoms with E-state index in [1.165, 1.54) is 0 Å². The molecule has 2 N–H and O–H groups in total. The third kappa shape index (κ3) is 3.27. The van der Waals surface area contributed by atoms with E-state index in [-0.39, 0.29) is 18.4 Å². The zero-order chi connectivity index (χ0) is 16.2. The average Bonchev–Trinajstić information content (AvgIpc) is 2.96. The molecule has 6 nitrogen and oxygen atoms in total. The van der Waals surface area contributed by atoms with Crippen LogP contribution in [0.15, 0.2) is 30.3 Å². The third-order valence-electron chi connectivity index (χ3n) is 4.53. The number of hydrogen-bond acceptors (Lipinski definition) is 4. The van der Waals surface area contributed by atoms with Gasteiger partial charge in [0.25, 0.3) is 0 Å². The smallest absolute Gasteiger partial charge is 0.229 e. The lowest BCUT2D eigenvalue weighted by molar-refractivity contribution is -0.133. The van der Waals surface area contributed by atoms with E-state index in [4.69, 9.17) is 5.73 Å². The van der Waals surface area contributed by atoms with Crippen molar-refractivity contribution in [2.45, 2.75) is 38.6 Å². The number of piperidine rings is 1. The van der Waals surface area contributed by atoms with E-state index in [1.807, 2.05) is 42.2 Å². The van der Waals surface area contributed by atoms with Gasteiger partial charge in [0.05, 0.1) is 23.5 Å². The van der Waals surface area contributed by atoms with Crippen molar-refractivity contribution < 1.29 is 4.79 Å². The van der Waals surface area contributed by atoms with Crippen molar-refractivity contribution in [3.05, 3.63) is 41.7 Å². The Bertz CT molecular complexity index is 667. The van der Waals surface area contributed by atoms with Crippen molar-refractivity contribution in [1.29, 1.82) is 0 Å². The molecule has 1 aromatic carbocycles. The number of nitrogens with two attached hydrogens (primary N) is 1. The Kier molecular flexibility index (Phi) is 4.71. The average molecular weight is 313 g/mol. The highest BCUT2D eigenvalue weighted by atomic mass is 16.2. The summed E-state index contributed by atoms with van der Waals surface area (Å²) >= 11 is 0. The lowest BCUT2D eigenvalue weighted by Crippen LogP contribution is -2.48. The van der Waals surface area contributed by atoms with Crippen LogP contribution in [-0.2, 0) is 11.2 Å². The van der Waals surface area contributed by atoms with Gasteiger partial charge in [0.1, 0.15) is 0 Å². The van der Waals surface area contributed by atoms with Gasteiger partial charge in [-0.25, -0.2) is 4.68 Å². The van der Waals surface area contributed by atoms with E-state index in [9.17, 15) is 4.79 Å². The quantitative estimate of drug-likeness (QED) is 0.927. The Morgan fingerprint density at radius 2 is 2.09 bits per heavy atom. The SMILES string of the molecule is Cc1c(CC(=O)N2CCCC[C@H]2CN)nnn1-c1ccccc1. The summed E-state index contributed by atoms with van der Waals surface area (Å²) in [5.41, 5.74) is 8.41. The lowest BCUT2D eigenvalue weighted by Gasteiger charge is -2.35. The molecule has 23 heavy (non-hydrogen) atoms. The van der Waals surface area contributed by atoms with Crippen molar-refractivity contribution in [2.24, 2.45) is 5.73 Å². The second-order valence-corrected chi connectivity index (χ2v) is 6.02. The molecule has 122 valence electrons. The topological polar surface area (TPSA) is 77.0 Å². The van der Waals surface area contributed by atoms with Crippen LogP contribution in [0.4, 0.5) is 0 Å². The first-order valence-corrected chi connectivity index (χ1v) is 8.17. The van der Waals surface area contributed by atoms with Gasteiger partial charge in [0.2, 0.25) is 5.91 Å². The molecular formula is C17H23N5O. The van der Waals surface area contributed by atoms with Gasteiger partial charge in [-0.05, 0) is 38.3 Å². The van der Waals surface area contributed by atoms with Gasteiger partial charge in [-0.2, -0.15) is 0 Å². The zero-order valence-corrected chi connectivity index (χ0v) is 13.5. The van der Waals surface area contributed by atoms with Crippen LogP contribution in [0.25, 0.3) is 5.69 Å². The highest BCUT2D eigenvalue weighted by Crippen LogP contribution is 2.18. The van der Waals surface area contributed by atoms with Crippen LogP contribution >= 0.6 is 0 Å². The summed E-state index contributed by atoms with van der Waals surface area (Å²) in [6.45, 7) is 3.28. The fourth-order valence-electron chi connectivity index (χ4n) is 3.16. The van der Waals surface area contributed by atoms with Crippen LogP contribution in [0.5, 0.6) is 0 Å². The molecule has 1 atom stereocenters. The number of para-hydroxylation sites is 1. The summed E-state index contributed by atoms with van der Waals surface area (Å²) in [6.07, 6.45) is 3.49. The molecule has 0 aliphatic carbocycles. The number of rotatable bonds is 4. The number of hydrogen-bond donors (Lipinski definition) is 1. The Balaban J connectivity index is 1.76. The van der Waals surface area contributed by atoms with E-state index >= 15 is 0 Å². The predicted octanol–water partition coefficient (Wildman–Crippen LogP) is 1.46. The van der Waals surface area contributed by atoms with E-state index < -0.39 is 0 Å². The van der Waals surface area contributed by atoms with Crippen molar-refractivity contribution in [3.8, 4) is 5.69 Å². The van der Waals surface area contributed by atoms with E-state index in [0.29, 0.717) is 6.54 Å². The second-order valence-electron chi connectivity index (χ2n) is 6.02. The molecule has 0 bridgehead atoms. The fourth-order valence-corrected chi connectivity index (χ4v) is 3.16. The van der Waals surface area contributed by atoms with Crippen molar-refractivity contribution in [3.63, 3.8) is 0 Å². The van der Waals surface area contributed by atoms with Gasteiger partial charge in [0.15, 0.2) is 0 Å². The lowest BCUT2D eigenvalue weighted by atomic mass is 10.0. The molecule has 0 spiro atoms. The van der Waals surface area contributed by atoms with Gasteiger partial charge in [-0.1, -0.05) is 23.4 Å². The van der Waals surface area contributed by atoms with Crippen LogP contribution < -0.4 is 5.73 Å². The molecule has 2 heterocycles. The van der Waals surface area contributed by atoms with Crippen LogP contribution in [0.3, 0.4) is 0 Å². The van der Waals surface area contributed by atoms with Crippen LogP contribution in [0, 0.1) is 6.92 Å². The number of benzene rings is 1. The first kappa shape index (κ1) is 15.7. The minimum absolute atomic E-state index is 0.100. The highest BCUT2D eigenvalue weighted by molar-refractivity contribution is 5.79. The van der Waals surface area contributed by atoms with Crippen LogP contribution in [0.1, 0.15) is 30.7 Å². The summed E-state index contributed by atoms with van der Waals surface area (Å²) in [5.74, 6) is 0.100. The minimum Gasteiger partial charge on any atom is -0.338 e. The molecular weight excluding hydrogens is 290 g/mol. The van der Waals surface area contributed by atoms with Crippen molar-refractivity contribution >= 4 is 5.91 Å². The van der Waals surface area contributed by atoms with E-state index in [0.717, 1.165) is 42.9 Å². The first-order chi connectivity index (χ1) is 11.2. The van der Waals surface area contributed by atoms with Crippen molar-refractivity contribution in [2.75, 3.05) is 13.1 Å². The molecule has 0 saturated carbocycles. The standard InChI is InChI=1S/C17H23N5O/c1-13-16(19-20-22(13)14-7-3-2-4-8-14)11-17(23)21-10-6-5-9-15(21)12-18/h2-4,7-8,15H,5-6,9-12,18H2,1H3/t15-/m0/s1. The normalized spacial score (nSPS) is 18.2. The van der Waals surface area contributed by atoms with Crippen LogP contribution in [-0.4, -0.2) is 44.9 Å². The number of carbonyl (C=O) groups excluding carboxylic acids is 1. The summed E-state index contributed by atoms with van der Waals surface area (Å²) < 4.78 is 1.78. The number of likely N-dealkylation sites (tertiary alicyclic amines) is 1. The maximum atomic E-state index is 12.6. The van der Waals surface area contributed by atoms with Gasteiger partial charge >= 0.3 is 0 Å². The predicted molar refractivity (Wildman–Crippen MR) is 88.2 cm³/mol. The fraction of sp³-hybridized carbons (Fsp3) is 0.471. The van der Waals surface area contributed by atoms with Crippen LogP contribution in [0.2, 0.25) is 0 Å². The Morgan fingerprint density at radius 1 is 1.30 bits per heavy atom. The first-order valence-electron chi connectivity index (χ1n) is 8.17. The third-order valence-corrected chi connectivity index (χ3v) is 4.53. The van der Waals surface area contributed by atoms with E-state index in [2.05, 4.69) is 10.3 Å². The summed E-state index contributed by atoms with van der Waals surface area (Å²) in [7, 11) is 0. The molecule has 1 fully saturated rings. The minimum atomic E-state index is 0.100. The summed E-state index contributed by atoms with van der Waals surface area (Å²) in [4.78, 5) is 14.5. The largest absolute Gasteiger partial charge is 0.338 e. The second kappa shape index (κ2) is 6.91. The molecule has 1 amide bonds. The maximum Gasteiger partial charge on any atom is 0.229 e. The van der Waals surface area contributed by atoms with E-state index in [1.54, 1.807) is 4.68 Å². The molecule has 6 heteroatoms. The van der Waals surface area contributed by atoms with Gasteiger partial charge < -0.3 is 10.6 Å². The number of aromatic nitrogens is 3.